The van der Waals surface area contributed by atoms with Gasteiger partial charge in [-0.1, -0.05) is 6.92 Å². The summed E-state index contributed by atoms with van der Waals surface area (Å²) in [7, 11) is 0. The van der Waals surface area contributed by atoms with Gasteiger partial charge in [-0.2, -0.15) is 0 Å². The Morgan fingerprint density at radius 1 is 1.20 bits per heavy atom. The van der Waals surface area contributed by atoms with Crippen molar-refractivity contribution in [3.63, 3.8) is 0 Å². The number of anilines is 1. The normalized spacial score (nSPS) is 21.6. The fraction of sp³-hybridized carbons (Fsp3) is 0.455. The number of benzene rings is 1. The standard InChI is InChI=1S/C22H25F2NO4S/c1-11(2)25(20(27)15-6-4-12(3)8-18(15)26)21-16(22(28)29)10-19(30-21)14-7-5-13(23)9-17(14)24/h5,7,9-12,15,18,26H,4,6,8H2,1-3H3,(H,28,29)/t12-,15-,18+/m1/s1. The zero-order valence-electron chi connectivity index (χ0n) is 17.1. The molecule has 0 bridgehead atoms. The van der Waals surface area contributed by atoms with Crippen molar-refractivity contribution in [2.45, 2.75) is 52.2 Å². The van der Waals surface area contributed by atoms with Gasteiger partial charge in [0.1, 0.15) is 16.6 Å². The molecule has 3 rings (SSSR count). The first kappa shape index (κ1) is 22.4. The lowest BCUT2D eigenvalue weighted by Crippen LogP contribution is -2.46. The van der Waals surface area contributed by atoms with Crippen LogP contribution in [0.3, 0.4) is 0 Å². The smallest absolute Gasteiger partial charge is 0.338 e. The number of aliphatic hydroxyl groups excluding tert-OH is 1. The quantitative estimate of drug-likeness (QED) is 0.695. The molecule has 5 nitrogen and oxygen atoms in total. The van der Waals surface area contributed by atoms with E-state index in [-0.39, 0.29) is 33.0 Å². The zero-order chi connectivity index (χ0) is 22.2. The van der Waals surface area contributed by atoms with Crippen molar-refractivity contribution in [1.82, 2.24) is 0 Å². The van der Waals surface area contributed by atoms with Crippen molar-refractivity contribution in [1.29, 1.82) is 0 Å². The molecule has 2 N–H and O–H groups in total. The largest absolute Gasteiger partial charge is 0.478 e. The fourth-order valence-corrected chi connectivity index (χ4v) is 5.26. The number of hydrogen-bond acceptors (Lipinski definition) is 4. The van der Waals surface area contributed by atoms with Gasteiger partial charge in [-0.3, -0.25) is 4.79 Å². The van der Waals surface area contributed by atoms with Crippen molar-refractivity contribution in [2.75, 3.05) is 4.90 Å². The van der Waals surface area contributed by atoms with Crippen LogP contribution in [0.15, 0.2) is 24.3 Å². The lowest BCUT2D eigenvalue weighted by molar-refractivity contribution is -0.128. The molecule has 0 radical (unpaired) electrons. The van der Waals surface area contributed by atoms with Gasteiger partial charge in [-0.25, -0.2) is 13.6 Å². The first-order valence-electron chi connectivity index (χ1n) is 9.93. The maximum absolute atomic E-state index is 14.3. The molecular formula is C22H25F2NO4S. The Bertz CT molecular complexity index is 959. The average molecular weight is 438 g/mol. The fourth-order valence-electron chi connectivity index (χ4n) is 3.94. The monoisotopic (exact) mass is 437 g/mol. The predicted molar refractivity (Wildman–Crippen MR) is 112 cm³/mol. The van der Waals surface area contributed by atoms with Crippen LogP contribution in [-0.2, 0) is 4.79 Å². The number of carbonyl (C=O) groups excluding carboxylic acids is 1. The van der Waals surface area contributed by atoms with Crippen LogP contribution in [-0.4, -0.2) is 34.2 Å². The van der Waals surface area contributed by atoms with Gasteiger partial charge in [0, 0.05) is 22.5 Å². The number of nitrogens with zero attached hydrogens (tertiary/aromatic N) is 1. The second kappa shape index (κ2) is 8.81. The summed E-state index contributed by atoms with van der Waals surface area (Å²) in [4.78, 5) is 26.9. The summed E-state index contributed by atoms with van der Waals surface area (Å²) in [5.41, 5.74) is -0.0581. The Kier molecular flexibility index (Phi) is 6.57. The van der Waals surface area contributed by atoms with E-state index in [1.54, 1.807) is 13.8 Å². The highest BCUT2D eigenvalue weighted by atomic mass is 32.1. The minimum Gasteiger partial charge on any atom is -0.478 e. The van der Waals surface area contributed by atoms with Crippen LogP contribution >= 0.6 is 11.3 Å². The molecule has 1 saturated carbocycles. The van der Waals surface area contributed by atoms with Gasteiger partial charge in [0.25, 0.3) is 0 Å². The van der Waals surface area contributed by atoms with Gasteiger partial charge >= 0.3 is 5.97 Å². The summed E-state index contributed by atoms with van der Waals surface area (Å²) >= 11 is 0.972. The molecule has 8 heteroatoms. The van der Waals surface area contributed by atoms with E-state index >= 15 is 0 Å². The van der Waals surface area contributed by atoms with E-state index in [1.807, 2.05) is 6.92 Å². The number of carboxylic acid groups (broad SMARTS) is 1. The summed E-state index contributed by atoms with van der Waals surface area (Å²) < 4.78 is 27.6. The molecule has 30 heavy (non-hydrogen) atoms. The molecule has 1 heterocycles. The minimum atomic E-state index is -1.24. The number of carbonyl (C=O) groups is 2. The van der Waals surface area contributed by atoms with Crippen LogP contribution in [0, 0.1) is 23.5 Å². The number of rotatable bonds is 5. The van der Waals surface area contributed by atoms with Crippen molar-refractivity contribution in [2.24, 2.45) is 11.8 Å². The van der Waals surface area contributed by atoms with Crippen LogP contribution < -0.4 is 4.90 Å². The number of amides is 1. The van der Waals surface area contributed by atoms with Gasteiger partial charge in [0.2, 0.25) is 5.91 Å². The highest BCUT2D eigenvalue weighted by Crippen LogP contribution is 2.41. The molecule has 0 aliphatic heterocycles. The van der Waals surface area contributed by atoms with Crippen molar-refractivity contribution in [3.8, 4) is 10.4 Å². The van der Waals surface area contributed by atoms with Crippen LogP contribution in [0.1, 0.15) is 50.4 Å². The van der Waals surface area contributed by atoms with Gasteiger partial charge < -0.3 is 15.1 Å². The highest BCUT2D eigenvalue weighted by molar-refractivity contribution is 7.20. The second-order valence-electron chi connectivity index (χ2n) is 8.15. The Hall–Kier alpha value is -2.32. The summed E-state index contributed by atoms with van der Waals surface area (Å²) in [6.07, 6.45) is 1.06. The maximum Gasteiger partial charge on any atom is 0.338 e. The Labute approximate surface area is 178 Å². The zero-order valence-corrected chi connectivity index (χ0v) is 17.9. The lowest BCUT2D eigenvalue weighted by Gasteiger charge is -2.35. The van der Waals surface area contributed by atoms with E-state index in [1.165, 1.54) is 17.0 Å². The van der Waals surface area contributed by atoms with E-state index in [0.717, 1.165) is 29.9 Å². The summed E-state index contributed by atoms with van der Waals surface area (Å²) in [6, 6.07) is 4.02. The average Bonchev–Trinajstić information content (AvgIpc) is 3.06. The Morgan fingerprint density at radius 3 is 2.47 bits per heavy atom. The van der Waals surface area contributed by atoms with Crippen LogP contribution in [0.4, 0.5) is 13.8 Å². The number of aliphatic hydroxyl groups is 1. The Balaban J connectivity index is 2.05. The summed E-state index contributed by atoms with van der Waals surface area (Å²) in [6.45, 7) is 5.55. The van der Waals surface area contributed by atoms with Crippen LogP contribution in [0.25, 0.3) is 10.4 Å². The highest BCUT2D eigenvalue weighted by Gasteiger charge is 2.38. The third kappa shape index (κ3) is 4.39. The van der Waals surface area contributed by atoms with Crippen LogP contribution in [0.2, 0.25) is 0 Å². The van der Waals surface area contributed by atoms with E-state index in [4.69, 9.17) is 0 Å². The molecule has 3 atom stereocenters. The number of halogens is 2. The SMILES string of the molecule is CC(C)N(C(=O)[C@@H]1CC[C@@H](C)C[C@@H]1O)c1sc(-c2ccc(F)cc2F)cc1C(=O)O. The van der Waals surface area contributed by atoms with Crippen molar-refractivity contribution in [3.05, 3.63) is 41.5 Å². The van der Waals surface area contributed by atoms with E-state index in [0.29, 0.717) is 18.8 Å². The predicted octanol–water partition coefficient (Wildman–Crippen LogP) is 4.93. The van der Waals surface area contributed by atoms with Gasteiger partial charge in [-0.05, 0) is 57.2 Å². The molecule has 0 spiro atoms. The molecule has 1 aromatic carbocycles. The van der Waals surface area contributed by atoms with Gasteiger partial charge in [0.15, 0.2) is 0 Å². The van der Waals surface area contributed by atoms with Gasteiger partial charge in [-0.15, -0.1) is 11.3 Å². The van der Waals surface area contributed by atoms with Crippen molar-refractivity contribution >= 4 is 28.2 Å². The second-order valence-corrected chi connectivity index (χ2v) is 9.18. The van der Waals surface area contributed by atoms with E-state index in [9.17, 15) is 28.6 Å². The first-order valence-corrected chi connectivity index (χ1v) is 10.8. The molecule has 0 saturated heterocycles. The first-order chi connectivity index (χ1) is 14.1. The molecule has 0 unspecified atom stereocenters. The number of aromatic carboxylic acids is 1. The third-order valence-electron chi connectivity index (χ3n) is 5.51. The molecule has 1 aliphatic rings. The molecule has 1 amide bonds. The number of hydrogen-bond donors (Lipinski definition) is 2. The minimum absolute atomic E-state index is 0.0674. The molecule has 1 fully saturated rings. The maximum atomic E-state index is 14.3. The number of thiophene rings is 1. The molecule has 1 aromatic heterocycles. The van der Waals surface area contributed by atoms with Crippen LogP contribution in [0.5, 0.6) is 0 Å². The third-order valence-corrected chi connectivity index (χ3v) is 6.68. The topological polar surface area (TPSA) is 77.8 Å². The molecule has 1 aliphatic carbocycles. The summed E-state index contributed by atoms with van der Waals surface area (Å²) in [5, 5.41) is 20.4. The van der Waals surface area contributed by atoms with E-state index < -0.39 is 29.6 Å². The number of carboxylic acids is 1. The van der Waals surface area contributed by atoms with Crippen molar-refractivity contribution < 1.29 is 28.6 Å². The molecule has 2 aromatic rings. The molecule has 162 valence electrons. The van der Waals surface area contributed by atoms with E-state index in [2.05, 4.69) is 0 Å². The molecular weight excluding hydrogens is 412 g/mol. The Morgan fingerprint density at radius 2 is 1.90 bits per heavy atom. The van der Waals surface area contributed by atoms with Gasteiger partial charge in [0.05, 0.1) is 17.6 Å². The summed E-state index contributed by atoms with van der Waals surface area (Å²) in [5.74, 6) is -3.41. The lowest BCUT2D eigenvalue weighted by atomic mass is 9.80.